The zero-order valence-corrected chi connectivity index (χ0v) is 12.7. The third-order valence-corrected chi connectivity index (χ3v) is 5.21. The Morgan fingerprint density at radius 3 is 2.70 bits per heavy atom. The number of piperidine rings is 1. The molecule has 0 aromatic heterocycles. The van der Waals surface area contributed by atoms with Gasteiger partial charge >= 0.3 is 0 Å². The maximum atomic E-state index is 12.7. The van der Waals surface area contributed by atoms with E-state index in [1.165, 1.54) is 25.8 Å². The van der Waals surface area contributed by atoms with Gasteiger partial charge in [-0.3, -0.25) is 14.6 Å². The average molecular weight is 280 g/mol. The van der Waals surface area contributed by atoms with Gasteiger partial charge in [-0.15, -0.1) is 0 Å². The first kappa shape index (κ1) is 14.3. The highest BCUT2D eigenvalue weighted by molar-refractivity contribution is 5.81. The van der Waals surface area contributed by atoms with Crippen molar-refractivity contribution in [2.24, 2.45) is 0 Å². The van der Waals surface area contributed by atoms with Gasteiger partial charge in [0.1, 0.15) is 0 Å². The van der Waals surface area contributed by atoms with Crippen LogP contribution in [0.3, 0.4) is 0 Å². The number of carbonyl (C=O) groups is 1. The molecule has 3 aliphatic heterocycles. The number of piperazine rings is 2. The van der Waals surface area contributed by atoms with E-state index < -0.39 is 0 Å². The van der Waals surface area contributed by atoms with Crippen molar-refractivity contribution in [1.29, 1.82) is 0 Å². The average Bonchev–Trinajstić information content (AvgIpc) is 2.54. The minimum atomic E-state index is 0.0484. The van der Waals surface area contributed by atoms with Crippen LogP contribution in [0.2, 0.25) is 0 Å². The van der Waals surface area contributed by atoms with Crippen molar-refractivity contribution in [1.82, 2.24) is 20.0 Å². The van der Waals surface area contributed by atoms with Gasteiger partial charge in [-0.25, -0.2) is 0 Å². The molecule has 114 valence electrons. The Morgan fingerprint density at radius 1 is 1.10 bits per heavy atom. The molecule has 3 fully saturated rings. The van der Waals surface area contributed by atoms with Gasteiger partial charge in [0.2, 0.25) is 5.91 Å². The molecule has 2 atom stereocenters. The van der Waals surface area contributed by atoms with E-state index in [0.717, 1.165) is 45.8 Å². The summed E-state index contributed by atoms with van der Waals surface area (Å²) in [4.78, 5) is 19.8. The van der Waals surface area contributed by atoms with Gasteiger partial charge < -0.3 is 10.2 Å². The highest BCUT2D eigenvalue weighted by Crippen LogP contribution is 2.21. The second-order valence-electron chi connectivity index (χ2n) is 6.43. The largest absolute Gasteiger partial charge is 0.338 e. The van der Waals surface area contributed by atoms with E-state index in [2.05, 4.69) is 26.9 Å². The number of carbonyl (C=O) groups excluding carboxylic acids is 1. The Labute approximate surface area is 122 Å². The van der Waals surface area contributed by atoms with Crippen LogP contribution >= 0.6 is 0 Å². The summed E-state index contributed by atoms with van der Waals surface area (Å²) in [5.41, 5.74) is 0. The predicted octanol–water partition coefficient (Wildman–Crippen LogP) is -0.0232. The third-order valence-electron chi connectivity index (χ3n) is 5.21. The summed E-state index contributed by atoms with van der Waals surface area (Å²) in [6.45, 7) is 10.3. The van der Waals surface area contributed by atoms with Gasteiger partial charge in [0.05, 0.1) is 6.04 Å². The zero-order chi connectivity index (χ0) is 13.9. The van der Waals surface area contributed by atoms with Gasteiger partial charge in [-0.05, 0) is 26.3 Å². The standard InChI is InChI=1S/C15H28N4O/c1-13(17-8-5-16-6-9-17)15(20)19-11-10-18-7-3-2-4-14(18)12-19/h13-14,16H,2-12H2,1H3. The minimum absolute atomic E-state index is 0.0484. The van der Waals surface area contributed by atoms with Crippen LogP contribution < -0.4 is 5.32 Å². The number of hydrogen-bond donors (Lipinski definition) is 1. The summed E-state index contributed by atoms with van der Waals surface area (Å²) < 4.78 is 0. The van der Waals surface area contributed by atoms with Crippen LogP contribution in [0.15, 0.2) is 0 Å². The molecule has 3 saturated heterocycles. The molecule has 3 heterocycles. The lowest BCUT2D eigenvalue weighted by molar-refractivity contribution is -0.140. The Kier molecular flexibility index (Phi) is 4.58. The molecule has 2 unspecified atom stereocenters. The number of fused-ring (bicyclic) bond motifs is 1. The van der Waals surface area contributed by atoms with E-state index in [1.807, 2.05) is 0 Å². The summed E-state index contributed by atoms with van der Waals surface area (Å²) >= 11 is 0. The van der Waals surface area contributed by atoms with Gasteiger partial charge in [-0.1, -0.05) is 6.42 Å². The highest BCUT2D eigenvalue weighted by Gasteiger charge is 2.34. The Hall–Kier alpha value is -0.650. The lowest BCUT2D eigenvalue weighted by atomic mass is 9.99. The molecule has 0 aliphatic carbocycles. The molecule has 20 heavy (non-hydrogen) atoms. The predicted molar refractivity (Wildman–Crippen MR) is 79.7 cm³/mol. The SMILES string of the molecule is CC(C(=O)N1CCN2CCCCC2C1)N1CCNCC1. The van der Waals surface area contributed by atoms with Gasteiger partial charge in [0.25, 0.3) is 0 Å². The Bertz CT molecular complexity index is 343. The molecular weight excluding hydrogens is 252 g/mol. The van der Waals surface area contributed by atoms with Crippen molar-refractivity contribution >= 4 is 5.91 Å². The van der Waals surface area contributed by atoms with E-state index in [-0.39, 0.29) is 6.04 Å². The fourth-order valence-electron chi connectivity index (χ4n) is 3.85. The Morgan fingerprint density at radius 2 is 1.90 bits per heavy atom. The topological polar surface area (TPSA) is 38.8 Å². The molecule has 0 aromatic rings. The first-order valence-corrected chi connectivity index (χ1v) is 8.23. The molecule has 0 saturated carbocycles. The summed E-state index contributed by atoms with van der Waals surface area (Å²) in [6, 6.07) is 0.670. The van der Waals surface area contributed by atoms with Crippen LogP contribution in [0.25, 0.3) is 0 Å². The van der Waals surface area contributed by atoms with Gasteiger partial charge in [0, 0.05) is 51.9 Å². The van der Waals surface area contributed by atoms with E-state index >= 15 is 0 Å². The molecule has 0 bridgehead atoms. The van der Waals surface area contributed by atoms with E-state index in [4.69, 9.17) is 0 Å². The van der Waals surface area contributed by atoms with Crippen molar-refractivity contribution in [3.63, 3.8) is 0 Å². The molecule has 3 rings (SSSR count). The van der Waals surface area contributed by atoms with Crippen molar-refractivity contribution in [3.05, 3.63) is 0 Å². The lowest BCUT2D eigenvalue weighted by Gasteiger charge is -2.45. The van der Waals surface area contributed by atoms with Crippen molar-refractivity contribution in [2.75, 3.05) is 52.4 Å². The summed E-state index contributed by atoms with van der Waals surface area (Å²) in [6.07, 6.45) is 3.93. The van der Waals surface area contributed by atoms with Crippen LogP contribution in [-0.2, 0) is 4.79 Å². The van der Waals surface area contributed by atoms with Crippen LogP contribution in [0.1, 0.15) is 26.2 Å². The number of nitrogens with one attached hydrogen (secondary N) is 1. The molecule has 0 aromatic carbocycles. The van der Waals surface area contributed by atoms with Crippen LogP contribution in [0, 0.1) is 0 Å². The number of hydrogen-bond acceptors (Lipinski definition) is 4. The van der Waals surface area contributed by atoms with Crippen LogP contribution in [0.5, 0.6) is 0 Å². The van der Waals surface area contributed by atoms with Crippen molar-refractivity contribution in [3.8, 4) is 0 Å². The second kappa shape index (κ2) is 6.41. The monoisotopic (exact) mass is 280 g/mol. The number of amides is 1. The lowest BCUT2D eigenvalue weighted by Crippen LogP contribution is -2.60. The normalized spacial score (nSPS) is 30.9. The smallest absolute Gasteiger partial charge is 0.239 e. The second-order valence-corrected chi connectivity index (χ2v) is 6.43. The molecular formula is C15H28N4O. The van der Waals surface area contributed by atoms with E-state index in [1.54, 1.807) is 0 Å². The summed E-state index contributed by atoms with van der Waals surface area (Å²) in [5, 5.41) is 3.35. The highest BCUT2D eigenvalue weighted by atomic mass is 16.2. The minimum Gasteiger partial charge on any atom is -0.338 e. The fourth-order valence-corrected chi connectivity index (χ4v) is 3.85. The fraction of sp³-hybridized carbons (Fsp3) is 0.933. The quantitative estimate of drug-likeness (QED) is 0.771. The molecule has 1 amide bonds. The maximum Gasteiger partial charge on any atom is 0.239 e. The first-order chi connectivity index (χ1) is 9.75. The molecule has 0 radical (unpaired) electrons. The molecule has 1 N–H and O–H groups in total. The van der Waals surface area contributed by atoms with Crippen molar-refractivity contribution < 1.29 is 4.79 Å². The van der Waals surface area contributed by atoms with Crippen LogP contribution in [-0.4, -0.2) is 85.0 Å². The van der Waals surface area contributed by atoms with E-state index in [0.29, 0.717) is 11.9 Å². The van der Waals surface area contributed by atoms with Gasteiger partial charge in [0.15, 0.2) is 0 Å². The molecule has 0 spiro atoms. The molecule has 3 aliphatic rings. The summed E-state index contributed by atoms with van der Waals surface area (Å²) in [7, 11) is 0. The molecule has 5 heteroatoms. The Balaban J connectivity index is 1.56. The third kappa shape index (κ3) is 3.00. The van der Waals surface area contributed by atoms with Crippen molar-refractivity contribution in [2.45, 2.75) is 38.3 Å². The maximum absolute atomic E-state index is 12.7. The first-order valence-electron chi connectivity index (χ1n) is 8.23. The van der Waals surface area contributed by atoms with Gasteiger partial charge in [-0.2, -0.15) is 0 Å². The van der Waals surface area contributed by atoms with Crippen LogP contribution in [0.4, 0.5) is 0 Å². The number of rotatable bonds is 2. The zero-order valence-electron chi connectivity index (χ0n) is 12.7. The van der Waals surface area contributed by atoms with E-state index in [9.17, 15) is 4.79 Å². The summed E-state index contributed by atoms with van der Waals surface area (Å²) in [5.74, 6) is 0.345. The number of nitrogens with zero attached hydrogens (tertiary/aromatic N) is 3. The molecule has 5 nitrogen and oxygen atoms in total.